The average molecular weight is 344 g/mol. The minimum Gasteiger partial charge on any atom is -0.309 e. The molecule has 0 heterocycles. The van der Waals surface area contributed by atoms with Gasteiger partial charge in [-0.05, 0) is 49.4 Å². The van der Waals surface area contributed by atoms with E-state index in [-0.39, 0.29) is 5.56 Å². The van der Waals surface area contributed by atoms with Gasteiger partial charge in [-0.25, -0.2) is 13.2 Å². The summed E-state index contributed by atoms with van der Waals surface area (Å²) >= 11 is 3.29. The standard InChI is InChI=1S/C15H13BrF3N/c1-8-3-6-12(18)13(14(8)19)15(20-2)10-7-9(17)4-5-11(10)16/h3-7,15,20H,1-2H3. The first-order valence-electron chi connectivity index (χ1n) is 6.02. The van der Waals surface area contributed by atoms with Crippen molar-refractivity contribution in [3.05, 3.63) is 68.9 Å². The van der Waals surface area contributed by atoms with Gasteiger partial charge in [-0.15, -0.1) is 0 Å². The molecule has 5 heteroatoms. The largest absolute Gasteiger partial charge is 0.309 e. The van der Waals surface area contributed by atoms with Crippen molar-refractivity contribution in [2.45, 2.75) is 13.0 Å². The van der Waals surface area contributed by atoms with Crippen molar-refractivity contribution in [1.82, 2.24) is 5.32 Å². The first-order chi connectivity index (χ1) is 9.45. The molecule has 0 amide bonds. The Morgan fingerprint density at radius 1 is 1.10 bits per heavy atom. The Morgan fingerprint density at radius 3 is 2.45 bits per heavy atom. The minimum absolute atomic E-state index is 0.112. The van der Waals surface area contributed by atoms with Crippen LogP contribution in [-0.4, -0.2) is 7.05 Å². The van der Waals surface area contributed by atoms with Crippen LogP contribution >= 0.6 is 15.9 Å². The van der Waals surface area contributed by atoms with Crippen LogP contribution in [0.2, 0.25) is 0 Å². The third kappa shape index (κ3) is 2.74. The maximum Gasteiger partial charge on any atom is 0.134 e. The van der Waals surface area contributed by atoms with Crippen molar-refractivity contribution < 1.29 is 13.2 Å². The molecule has 0 aliphatic heterocycles. The molecule has 2 aromatic carbocycles. The fraction of sp³-hybridized carbons (Fsp3) is 0.200. The van der Waals surface area contributed by atoms with E-state index in [0.717, 1.165) is 0 Å². The molecule has 0 radical (unpaired) electrons. The molecule has 106 valence electrons. The van der Waals surface area contributed by atoms with Gasteiger partial charge in [0.2, 0.25) is 0 Å². The second-order valence-corrected chi connectivity index (χ2v) is 5.33. The lowest BCUT2D eigenvalue weighted by Crippen LogP contribution is -2.21. The van der Waals surface area contributed by atoms with Crippen molar-refractivity contribution in [2.75, 3.05) is 7.05 Å². The zero-order valence-corrected chi connectivity index (χ0v) is 12.6. The van der Waals surface area contributed by atoms with E-state index in [1.165, 1.54) is 30.3 Å². The molecule has 2 aromatic rings. The van der Waals surface area contributed by atoms with Gasteiger partial charge in [-0.1, -0.05) is 22.0 Å². The normalized spacial score (nSPS) is 12.5. The summed E-state index contributed by atoms with van der Waals surface area (Å²) in [7, 11) is 1.57. The van der Waals surface area contributed by atoms with Crippen LogP contribution in [0.15, 0.2) is 34.8 Å². The number of benzene rings is 2. The summed E-state index contributed by atoms with van der Waals surface area (Å²) < 4.78 is 42.2. The summed E-state index contributed by atoms with van der Waals surface area (Å²) in [5, 5.41) is 2.83. The first-order valence-corrected chi connectivity index (χ1v) is 6.81. The van der Waals surface area contributed by atoms with Crippen molar-refractivity contribution in [3.8, 4) is 0 Å². The van der Waals surface area contributed by atoms with Crippen LogP contribution < -0.4 is 5.32 Å². The number of hydrogen-bond acceptors (Lipinski definition) is 1. The first kappa shape index (κ1) is 15.1. The van der Waals surface area contributed by atoms with E-state index < -0.39 is 23.5 Å². The van der Waals surface area contributed by atoms with Gasteiger partial charge in [0.1, 0.15) is 17.5 Å². The number of halogens is 4. The number of aryl methyl sites for hydroxylation is 1. The lowest BCUT2D eigenvalue weighted by molar-refractivity contribution is 0.515. The summed E-state index contributed by atoms with van der Waals surface area (Å²) in [6, 6.07) is 5.86. The molecule has 0 saturated carbocycles. The maximum absolute atomic E-state index is 14.2. The molecule has 0 aliphatic rings. The van der Waals surface area contributed by atoms with Crippen LogP contribution in [0, 0.1) is 24.4 Å². The predicted molar refractivity (Wildman–Crippen MR) is 76.1 cm³/mol. The smallest absolute Gasteiger partial charge is 0.134 e. The van der Waals surface area contributed by atoms with Gasteiger partial charge >= 0.3 is 0 Å². The molecule has 1 unspecified atom stereocenters. The van der Waals surface area contributed by atoms with Crippen molar-refractivity contribution >= 4 is 15.9 Å². The third-order valence-electron chi connectivity index (χ3n) is 3.17. The average Bonchev–Trinajstić information content (AvgIpc) is 2.42. The molecule has 20 heavy (non-hydrogen) atoms. The molecule has 0 fully saturated rings. The maximum atomic E-state index is 14.2. The Morgan fingerprint density at radius 2 is 1.80 bits per heavy atom. The van der Waals surface area contributed by atoms with Crippen molar-refractivity contribution in [3.63, 3.8) is 0 Å². The van der Waals surface area contributed by atoms with E-state index in [9.17, 15) is 13.2 Å². The molecule has 0 aromatic heterocycles. The van der Waals surface area contributed by atoms with E-state index in [2.05, 4.69) is 21.2 Å². The van der Waals surface area contributed by atoms with Gasteiger partial charge in [0.25, 0.3) is 0 Å². The van der Waals surface area contributed by atoms with Gasteiger partial charge in [0.05, 0.1) is 6.04 Å². The van der Waals surface area contributed by atoms with Crippen LogP contribution in [0.4, 0.5) is 13.2 Å². The molecular weight excluding hydrogens is 331 g/mol. The van der Waals surface area contributed by atoms with Crippen LogP contribution in [-0.2, 0) is 0 Å². The van der Waals surface area contributed by atoms with Gasteiger partial charge in [-0.2, -0.15) is 0 Å². The SMILES string of the molecule is CNC(c1cc(F)ccc1Br)c1c(F)ccc(C)c1F. The second kappa shape index (κ2) is 5.97. The Hall–Kier alpha value is -1.33. The van der Waals surface area contributed by atoms with E-state index in [1.54, 1.807) is 14.0 Å². The van der Waals surface area contributed by atoms with Gasteiger partial charge in [-0.3, -0.25) is 0 Å². The highest BCUT2D eigenvalue weighted by Crippen LogP contribution is 2.32. The van der Waals surface area contributed by atoms with Crippen LogP contribution in [0.1, 0.15) is 22.7 Å². The third-order valence-corrected chi connectivity index (χ3v) is 3.89. The Labute approximate surface area is 123 Å². The van der Waals surface area contributed by atoms with Crippen LogP contribution in [0.3, 0.4) is 0 Å². The summed E-state index contributed by atoms with van der Waals surface area (Å²) in [6.45, 7) is 1.56. The molecule has 1 atom stereocenters. The fourth-order valence-corrected chi connectivity index (χ4v) is 2.61. The molecule has 1 nitrogen and oxygen atoms in total. The monoisotopic (exact) mass is 343 g/mol. The highest BCUT2D eigenvalue weighted by atomic mass is 79.9. The lowest BCUT2D eigenvalue weighted by Gasteiger charge is -2.20. The summed E-state index contributed by atoms with van der Waals surface area (Å²) in [5.74, 6) is -1.75. The molecular formula is C15H13BrF3N. The molecule has 1 N–H and O–H groups in total. The van der Waals surface area contributed by atoms with E-state index in [1.807, 2.05) is 0 Å². The fourth-order valence-electron chi connectivity index (χ4n) is 2.13. The Kier molecular flexibility index (Phi) is 4.50. The summed E-state index contributed by atoms with van der Waals surface area (Å²) in [5.41, 5.74) is 0.670. The van der Waals surface area contributed by atoms with Gasteiger partial charge in [0, 0.05) is 10.0 Å². The van der Waals surface area contributed by atoms with E-state index >= 15 is 0 Å². The lowest BCUT2D eigenvalue weighted by atomic mass is 9.96. The van der Waals surface area contributed by atoms with Gasteiger partial charge in [0.15, 0.2) is 0 Å². The van der Waals surface area contributed by atoms with E-state index in [4.69, 9.17) is 0 Å². The van der Waals surface area contributed by atoms with Crippen molar-refractivity contribution in [2.24, 2.45) is 0 Å². The number of hydrogen-bond donors (Lipinski definition) is 1. The number of rotatable bonds is 3. The molecule has 0 aliphatic carbocycles. The molecule has 0 bridgehead atoms. The zero-order valence-electron chi connectivity index (χ0n) is 11.0. The number of nitrogens with one attached hydrogen (secondary N) is 1. The van der Waals surface area contributed by atoms with E-state index in [0.29, 0.717) is 15.6 Å². The molecule has 2 rings (SSSR count). The predicted octanol–water partition coefficient (Wildman–Crippen LogP) is 4.48. The topological polar surface area (TPSA) is 12.0 Å². The Balaban J connectivity index is 2.64. The summed E-state index contributed by atoms with van der Waals surface area (Å²) in [6.07, 6.45) is 0. The van der Waals surface area contributed by atoms with Crippen molar-refractivity contribution in [1.29, 1.82) is 0 Å². The zero-order chi connectivity index (χ0) is 14.9. The van der Waals surface area contributed by atoms with Crippen LogP contribution in [0.5, 0.6) is 0 Å². The summed E-state index contributed by atoms with van der Waals surface area (Å²) in [4.78, 5) is 0. The highest BCUT2D eigenvalue weighted by Gasteiger charge is 2.23. The van der Waals surface area contributed by atoms with Crippen LogP contribution in [0.25, 0.3) is 0 Å². The highest BCUT2D eigenvalue weighted by molar-refractivity contribution is 9.10. The second-order valence-electron chi connectivity index (χ2n) is 4.48. The molecule has 0 spiro atoms. The minimum atomic E-state index is -0.778. The van der Waals surface area contributed by atoms with Gasteiger partial charge < -0.3 is 5.32 Å². The molecule has 0 saturated heterocycles. The quantitative estimate of drug-likeness (QED) is 0.866. The Bertz CT molecular complexity index is 643.